The third-order valence-electron chi connectivity index (χ3n) is 3.35. The summed E-state index contributed by atoms with van der Waals surface area (Å²) in [6.07, 6.45) is 0.137. The van der Waals surface area contributed by atoms with Crippen LogP contribution in [0.15, 0.2) is 0 Å². The summed E-state index contributed by atoms with van der Waals surface area (Å²) in [7, 11) is 8.29. The number of ether oxygens (including phenoxy) is 1. The molecule has 1 aliphatic rings. The second-order valence-electron chi connectivity index (χ2n) is 5.05. The van der Waals surface area contributed by atoms with E-state index < -0.39 is 0 Å². The topological polar surface area (TPSA) is 31.0 Å². The van der Waals surface area contributed by atoms with Crippen molar-refractivity contribution in [3.63, 3.8) is 0 Å². The molecule has 0 spiro atoms. The third-order valence-corrected chi connectivity index (χ3v) is 3.35. The molecule has 1 rings (SSSR count). The minimum absolute atomic E-state index is 0.137. The van der Waals surface area contributed by atoms with Crippen molar-refractivity contribution in [2.45, 2.75) is 6.23 Å². The molecule has 1 aliphatic heterocycles. The van der Waals surface area contributed by atoms with Crippen molar-refractivity contribution in [3.8, 4) is 0 Å². The van der Waals surface area contributed by atoms with Crippen molar-refractivity contribution in [1.82, 2.24) is 20.0 Å². The minimum atomic E-state index is 0.137. The fraction of sp³-hybridized carbons (Fsp3) is 1.00. The van der Waals surface area contributed by atoms with Gasteiger partial charge in [-0.15, -0.1) is 0 Å². The molecule has 1 fully saturated rings. The molecule has 1 heterocycles. The van der Waals surface area contributed by atoms with E-state index in [1.807, 2.05) is 0 Å². The molecule has 1 atom stereocenters. The van der Waals surface area contributed by atoms with Gasteiger partial charge in [-0.05, 0) is 21.1 Å². The molecule has 0 aliphatic carbocycles. The first-order valence-corrected chi connectivity index (χ1v) is 6.43. The van der Waals surface area contributed by atoms with E-state index in [1.165, 1.54) is 0 Å². The SMILES string of the molecule is COC1CN(C)CCN(C)CCN(C)CCN1. The van der Waals surface area contributed by atoms with Gasteiger partial charge in [-0.25, -0.2) is 0 Å². The van der Waals surface area contributed by atoms with E-state index in [9.17, 15) is 0 Å². The molecule has 0 radical (unpaired) electrons. The Morgan fingerprint density at radius 1 is 0.882 bits per heavy atom. The van der Waals surface area contributed by atoms with E-state index in [0.29, 0.717) is 0 Å². The maximum atomic E-state index is 5.44. The van der Waals surface area contributed by atoms with Gasteiger partial charge in [0, 0.05) is 52.9 Å². The van der Waals surface area contributed by atoms with Crippen LogP contribution in [0.1, 0.15) is 0 Å². The zero-order valence-corrected chi connectivity index (χ0v) is 11.8. The van der Waals surface area contributed by atoms with Crippen LogP contribution in [0.3, 0.4) is 0 Å². The van der Waals surface area contributed by atoms with Gasteiger partial charge in [-0.1, -0.05) is 0 Å². The lowest BCUT2D eigenvalue weighted by molar-refractivity contribution is 0.0412. The Hall–Kier alpha value is -0.200. The molecule has 0 aromatic carbocycles. The fourth-order valence-electron chi connectivity index (χ4n) is 1.92. The fourth-order valence-corrected chi connectivity index (χ4v) is 1.92. The van der Waals surface area contributed by atoms with E-state index in [1.54, 1.807) is 7.11 Å². The van der Waals surface area contributed by atoms with Gasteiger partial charge >= 0.3 is 0 Å². The van der Waals surface area contributed by atoms with Crippen LogP contribution in [0, 0.1) is 0 Å². The molecule has 1 N–H and O–H groups in total. The van der Waals surface area contributed by atoms with Gasteiger partial charge in [0.25, 0.3) is 0 Å². The molecule has 1 unspecified atom stereocenters. The first-order chi connectivity index (χ1) is 8.11. The van der Waals surface area contributed by atoms with E-state index in [4.69, 9.17) is 4.74 Å². The average molecular weight is 244 g/mol. The summed E-state index contributed by atoms with van der Waals surface area (Å²) in [5, 5.41) is 3.44. The number of nitrogens with one attached hydrogen (secondary N) is 1. The van der Waals surface area contributed by atoms with Crippen LogP contribution in [0.5, 0.6) is 0 Å². The van der Waals surface area contributed by atoms with Crippen molar-refractivity contribution in [2.75, 3.05) is 74.1 Å². The Morgan fingerprint density at radius 2 is 1.41 bits per heavy atom. The highest BCUT2D eigenvalue weighted by Gasteiger charge is 2.12. The van der Waals surface area contributed by atoms with Gasteiger partial charge in [-0.2, -0.15) is 0 Å². The number of hydrogen-bond acceptors (Lipinski definition) is 5. The molecular weight excluding hydrogens is 216 g/mol. The quantitative estimate of drug-likeness (QED) is 0.663. The minimum Gasteiger partial charge on any atom is -0.365 e. The molecule has 5 nitrogen and oxygen atoms in total. The highest BCUT2D eigenvalue weighted by atomic mass is 16.5. The lowest BCUT2D eigenvalue weighted by atomic mass is 10.4. The van der Waals surface area contributed by atoms with Gasteiger partial charge in [0.1, 0.15) is 6.23 Å². The average Bonchev–Trinajstić information content (AvgIpc) is 2.31. The Kier molecular flexibility index (Phi) is 6.99. The summed E-state index contributed by atoms with van der Waals surface area (Å²) in [5.41, 5.74) is 0. The molecule has 102 valence electrons. The summed E-state index contributed by atoms with van der Waals surface area (Å²) in [5.74, 6) is 0. The second-order valence-corrected chi connectivity index (χ2v) is 5.05. The number of methoxy groups -OCH3 is 1. The first-order valence-electron chi connectivity index (χ1n) is 6.43. The maximum absolute atomic E-state index is 5.44. The number of nitrogens with zero attached hydrogens (tertiary/aromatic N) is 3. The molecule has 0 aromatic heterocycles. The zero-order chi connectivity index (χ0) is 12.7. The van der Waals surface area contributed by atoms with Gasteiger partial charge < -0.3 is 19.4 Å². The van der Waals surface area contributed by atoms with Crippen molar-refractivity contribution in [2.24, 2.45) is 0 Å². The molecule has 17 heavy (non-hydrogen) atoms. The Morgan fingerprint density at radius 3 is 2.00 bits per heavy atom. The molecule has 5 heteroatoms. The van der Waals surface area contributed by atoms with Gasteiger partial charge in [0.15, 0.2) is 0 Å². The zero-order valence-electron chi connectivity index (χ0n) is 11.8. The highest BCUT2D eigenvalue weighted by molar-refractivity contribution is 4.67. The van der Waals surface area contributed by atoms with Crippen molar-refractivity contribution >= 4 is 0 Å². The molecule has 0 saturated carbocycles. The largest absolute Gasteiger partial charge is 0.365 e. The Labute approximate surface area is 106 Å². The molecule has 0 amide bonds. The van der Waals surface area contributed by atoms with Crippen LogP contribution in [0.2, 0.25) is 0 Å². The molecule has 1 saturated heterocycles. The van der Waals surface area contributed by atoms with Crippen LogP contribution in [0.25, 0.3) is 0 Å². The number of rotatable bonds is 1. The lowest BCUT2D eigenvalue weighted by Gasteiger charge is -2.29. The standard InChI is InChI=1S/C12H28N4O/c1-14-6-5-13-12(17-4)11-16(3)10-9-15(2)8-7-14/h12-13H,5-11H2,1-4H3. The Bertz CT molecular complexity index is 203. The first kappa shape index (κ1) is 14.9. The smallest absolute Gasteiger partial charge is 0.120 e. The summed E-state index contributed by atoms with van der Waals surface area (Å²) in [4.78, 5) is 7.08. The molecule has 0 bridgehead atoms. The van der Waals surface area contributed by atoms with Gasteiger partial charge in [0.2, 0.25) is 0 Å². The van der Waals surface area contributed by atoms with E-state index in [2.05, 4.69) is 41.2 Å². The van der Waals surface area contributed by atoms with Gasteiger partial charge in [0.05, 0.1) is 0 Å². The Balaban J connectivity index is 2.45. The predicted octanol–water partition coefficient (Wildman–Crippen LogP) is -0.642. The summed E-state index contributed by atoms with van der Waals surface area (Å²) in [6, 6.07) is 0. The van der Waals surface area contributed by atoms with Crippen LogP contribution in [-0.4, -0.2) is 95.0 Å². The van der Waals surface area contributed by atoms with E-state index in [-0.39, 0.29) is 6.23 Å². The van der Waals surface area contributed by atoms with Crippen molar-refractivity contribution in [1.29, 1.82) is 0 Å². The van der Waals surface area contributed by atoms with Crippen LogP contribution in [0.4, 0.5) is 0 Å². The van der Waals surface area contributed by atoms with Gasteiger partial charge in [-0.3, -0.25) is 5.32 Å². The van der Waals surface area contributed by atoms with Crippen LogP contribution < -0.4 is 5.32 Å². The third kappa shape index (κ3) is 6.33. The second kappa shape index (κ2) is 8.00. The molecular formula is C12H28N4O. The van der Waals surface area contributed by atoms with Crippen molar-refractivity contribution in [3.05, 3.63) is 0 Å². The normalized spacial score (nSPS) is 28.6. The molecule has 0 aromatic rings. The lowest BCUT2D eigenvalue weighted by Crippen LogP contribution is -2.47. The summed E-state index contributed by atoms with van der Waals surface area (Å²) < 4.78 is 5.44. The van der Waals surface area contributed by atoms with Crippen LogP contribution in [-0.2, 0) is 4.74 Å². The monoisotopic (exact) mass is 244 g/mol. The predicted molar refractivity (Wildman–Crippen MR) is 71.3 cm³/mol. The van der Waals surface area contributed by atoms with E-state index in [0.717, 1.165) is 45.8 Å². The highest BCUT2D eigenvalue weighted by Crippen LogP contribution is 1.95. The van der Waals surface area contributed by atoms with Crippen molar-refractivity contribution < 1.29 is 4.74 Å². The number of likely N-dealkylation sites (N-methyl/N-ethyl adjacent to an activating group) is 3. The maximum Gasteiger partial charge on any atom is 0.120 e. The number of hydrogen-bond donors (Lipinski definition) is 1. The van der Waals surface area contributed by atoms with E-state index >= 15 is 0 Å². The van der Waals surface area contributed by atoms with Crippen LogP contribution >= 0.6 is 0 Å². The summed E-state index contributed by atoms with van der Waals surface area (Å²) in [6.45, 7) is 7.44. The summed E-state index contributed by atoms with van der Waals surface area (Å²) >= 11 is 0.